The van der Waals surface area contributed by atoms with Gasteiger partial charge in [0.2, 0.25) is 0 Å². The third-order valence-electron chi connectivity index (χ3n) is 5.49. The van der Waals surface area contributed by atoms with E-state index >= 15 is 0 Å². The van der Waals surface area contributed by atoms with Crippen molar-refractivity contribution in [2.45, 2.75) is 27.3 Å². The summed E-state index contributed by atoms with van der Waals surface area (Å²) in [5, 5.41) is 3.84. The van der Waals surface area contributed by atoms with Gasteiger partial charge in [-0.3, -0.25) is 14.1 Å². The maximum Gasteiger partial charge on any atom is 0.439 e. The monoisotopic (exact) mass is 441 g/mol. The first-order chi connectivity index (χ1) is 16.0. The Kier molecular flexibility index (Phi) is 5.26. The molecule has 166 valence electrons. The molecule has 0 spiro atoms. The van der Waals surface area contributed by atoms with Crippen molar-refractivity contribution in [1.82, 2.24) is 24.7 Å². The average Bonchev–Trinajstić information content (AvgIpc) is 3.39. The van der Waals surface area contributed by atoms with E-state index in [4.69, 9.17) is 9.72 Å². The number of aromatic nitrogens is 5. The Bertz CT molecular complexity index is 1500. The van der Waals surface area contributed by atoms with Gasteiger partial charge < -0.3 is 4.74 Å². The van der Waals surface area contributed by atoms with Gasteiger partial charge >= 0.3 is 5.76 Å². The van der Waals surface area contributed by atoms with Crippen LogP contribution in [0.4, 0.5) is 0 Å². The normalized spacial score (nSPS) is 11.2. The third-order valence-corrected chi connectivity index (χ3v) is 5.49. The molecule has 8 heteroatoms. The van der Waals surface area contributed by atoms with Gasteiger partial charge in [-0.1, -0.05) is 53.7 Å². The van der Waals surface area contributed by atoms with Crippen molar-refractivity contribution in [3.05, 3.63) is 82.0 Å². The smallest absolute Gasteiger partial charge is 0.439 e. The quantitative estimate of drug-likeness (QED) is 0.416. The molecule has 1 N–H and O–H groups in total. The van der Waals surface area contributed by atoms with Crippen LogP contribution in [-0.4, -0.2) is 31.3 Å². The van der Waals surface area contributed by atoms with Crippen molar-refractivity contribution < 1.29 is 9.26 Å². The van der Waals surface area contributed by atoms with E-state index in [1.54, 1.807) is 0 Å². The molecule has 0 aliphatic carbocycles. The molecular formula is C25H23N5O3. The Morgan fingerprint density at radius 1 is 1.03 bits per heavy atom. The molecule has 0 atom stereocenters. The van der Waals surface area contributed by atoms with Crippen LogP contribution in [0.5, 0.6) is 6.01 Å². The highest BCUT2D eigenvalue weighted by Crippen LogP contribution is 2.30. The SMILES string of the molecule is CCOc1nc2c(C)cc(C)nc2n1Cc1ccc(-c2ccccc2-c2noc(=O)[nH]2)cc1. The fourth-order valence-electron chi connectivity index (χ4n) is 4.02. The number of hydrogen-bond donors (Lipinski definition) is 1. The summed E-state index contributed by atoms with van der Waals surface area (Å²) in [5.74, 6) is -0.172. The lowest BCUT2D eigenvalue weighted by Crippen LogP contribution is -2.06. The van der Waals surface area contributed by atoms with Crippen LogP contribution in [0.3, 0.4) is 0 Å². The summed E-state index contributed by atoms with van der Waals surface area (Å²) in [4.78, 5) is 23.4. The summed E-state index contributed by atoms with van der Waals surface area (Å²) in [6, 6.07) is 18.6. The molecule has 0 aliphatic rings. The molecule has 0 fully saturated rings. The number of aryl methyl sites for hydroxylation is 2. The van der Waals surface area contributed by atoms with Gasteiger partial charge in [0.1, 0.15) is 5.52 Å². The van der Waals surface area contributed by atoms with Gasteiger partial charge in [-0.2, -0.15) is 4.98 Å². The maximum absolute atomic E-state index is 11.4. The minimum Gasteiger partial charge on any atom is -0.465 e. The van der Waals surface area contributed by atoms with Crippen LogP contribution in [0, 0.1) is 13.8 Å². The molecular weight excluding hydrogens is 418 g/mol. The minimum absolute atomic E-state index is 0.405. The lowest BCUT2D eigenvalue weighted by Gasteiger charge is -2.11. The summed E-state index contributed by atoms with van der Waals surface area (Å²) >= 11 is 0. The fourth-order valence-corrected chi connectivity index (χ4v) is 4.02. The molecule has 0 aliphatic heterocycles. The van der Waals surface area contributed by atoms with E-state index in [1.807, 2.05) is 55.7 Å². The van der Waals surface area contributed by atoms with Crippen molar-refractivity contribution in [3.63, 3.8) is 0 Å². The van der Waals surface area contributed by atoms with E-state index in [2.05, 4.69) is 43.9 Å². The van der Waals surface area contributed by atoms with Crippen molar-refractivity contribution in [2.75, 3.05) is 6.61 Å². The molecule has 0 bridgehead atoms. The van der Waals surface area contributed by atoms with Gasteiger partial charge in [0.15, 0.2) is 11.5 Å². The summed E-state index contributed by atoms with van der Waals surface area (Å²) in [7, 11) is 0. The Labute approximate surface area is 189 Å². The zero-order chi connectivity index (χ0) is 22.9. The van der Waals surface area contributed by atoms with Gasteiger partial charge in [0, 0.05) is 11.3 Å². The first-order valence-electron chi connectivity index (χ1n) is 10.8. The van der Waals surface area contributed by atoms with Crippen LogP contribution in [0.2, 0.25) is 0 Å². The van der Waals surface area contributed by atoms with Gasteiger partial charge in [-0.15, -0.1) is 0 Å². The van der Waals surface area contributed by atoms with Crippen molar-refractivity contribution in [2.24, 2.45) is 0 Å². The number of fused-ring (bicyclic) bond motifs is 1. The molecule has 5 aromatic rings. The second kappa shape index (κ2) is 8.38. The number of nitrogens with zero attached hydrogens (tertiary/aromatic N) is 4. The predicted octanol–water partition coefficient (Wildman–Crippen LogP) is 4.51. The van der Waals surface area contributed by atoms with E-state index in [1.165, 1.54) is 0 Å². The Morgan fingerprint density at radius 2 is 1.79 bits per heavy atom. The van der Waals surface area contributed by atoms with Crippen LogP contribution in [-0.2, 0) is 6.54 Å². The molecule has 5 rings (SSSR count). The number of imidazole rings is 1. The van der Waals surface area contributed by atoms with Crippen LogP contribution in [0.15, 0.2) is 63.9 Å². The van der Waals surface area contributed by atoms with Crippen molar-refractivity contribution >= 4 is 11.2 Å². The Balaban J connectivity index is 1.51. The molecule has 8 nitrogen and oxygen atoms in total. The van der Waals surface area contributed by atoms with Crippen LogP contribution >= 0.6 is 0 Å². The number of rotatable bonds is 6. The summed E-state index contributed by atoms with van der Waals surface area (Å²) < 4.78 is 12.5. The van der Waals surface area contributed by atoms with Crippen molar-refractivity contribution in [3.8, 4) is 28.5 Å². The zero-order valence-corrected chi connectivity index (χ0v) is 18.6. The van der Waals surface area contributed by atoms with E-state index in [0.717, 1.165) is 44.7 Å². The fraction of sp³-hybridized carbons (Fsp3) is 0.200. The second-order valence-corrected chi connectivity index (χ2v) is 7.85. The highest BCUT2D eigenvalue weighted by molar-refractivity contribution is 5.80. The highest BCUT2D eigenvalue weighted by Gasteiger charge is 2.16. The van der Waals surface area contributed by atoms with E-state index in [0.29, 0.717) is 25.0 Å². The summed E-state index contributed by atoms with van der Waals surface area (Å²) in [6.07, 6.45) is 0. The van der Waals surface area contributed by atoms with Crippen LogP contribution in [0.1, 0.15) is 23.7 Å². The van der Waals surface area contributed by atoms with Crippen LogP contribution in [0.25, 0.3) is 33.7 Å². The number of aromatic amines is 1. The lowest BCUT2D eigenvalue weighted by atomic mass is 9.98. The number of hydrogen-bond acceptors (Lipinski definition) is 6. The van der Waals surface area contributed by atoms with E-state index in [9.17, 15) is 4.79 Å². The third kappa shape index (κ3) is 3.91. The Morgan fingerprint density at radius 3 is 2.48 bits per heavy atom. The van der Waals surface area contributed by atoms with Gasteiger partial charge in [-0.25, -0.2) is 9.78 Å². The molecule has 2 aromatic carbocycles. The van der Waals surface area contributed by atoms with Gasteiger partial charge in [0.25, 0.3) is 6.01 Å². The largest absolute Gasteiger partial charge is 0.465 e. The molecule has 0 amide bonds. The van der Waals surface area contributed by atoms with Crippen molar-refractivity contribution in [1.29, 1.82) is 0 Å². The Hall–Kier alpha value is -4.20. The predicted molar refractivity (Wildman–Crippen MR) is 125 cm³/mol. The molecule has 3 aromatic heterocycles. The van der Waals surface area contributed by atoms with E-state index < -0.39 is 5.76 Å². The summed E-state index contributed by atoms with van der Waals surface area (Å²) in [5.41, 5.74) is 7.54. The lowest BCUT2D eigenvalue weighted by molar-refractivity contribution is 0.301. The molecule has 0 unspecified atom stereocenters. The summed E-state index contributed by atoms with van der Waals surface area (Å²) in [6.45, 7) is 7.09. The number of benzene rings is 2. The van der Waals surface area contributed by atoms with E-state index in [-0.39, 0.29) is 0 Å². The number of ether oxygens (including phenoxy) is 1. The number of pyridine rings is 1. The van der Waals surface area contributed by atoms with Gasteiger partial charge in [-0.05, 0) is 49.1 Å². The highest BCUT2D eigenvalue weighted by atomic mass is 16.5. The zero-order valence-electron chi connectivity index (χ0n) is 18.6. The van der Waals surface area contributed by atoms with Gasteiger partial charge in [0.05, 0.1) is 13.2 Å². The standard InChI is InChI=1S/C25H23N5O3/c1-4-32-24-27-21-15(2)13-16(3)26-23(21)30(24)14-17-9-11-18(12-10-17)19-7-5-6-8-20(19)22-28-25(31)33-29-22/h5-13H,4,14H2,1-3H3,(H,28,29,31). The average molecular weight is 441 g/mol. The molecule has 0 saturated carbocycles. The number of H-pyrrole nitrogens is 1. The minimum atomic E-state index is -0.577. The number of nitrogens with one attached hydrogen (secondary N) is 1. The molecule has 0 radical (unpaired) electrons. The van der Waals surface area contributed by atoms with Crippen LogP contribution < -0.4 is 10.5 Å². The first kappa shape index (κ1) is 20.7. The first-order valence-corrected chi connectivity index (χ1v) is 10.8. The molecule has 0 saturated heterocycles. The topological polar surface area (TPSA) is 98.8 Å². The second-order valence-electron chi connectivity index (χ2n) is 7.85. The maximum atomic E-state index is 11.4. The molecule has 33 heavy (non-hydrogen) atoms. The molecule has 3 heterocycles.